The van der Waals surface area contributed by atoms with E-state index in [2.05, 4.69) is 11.9 Å². The van der Waals surface area contributed by atoms with E-state index in [1.54, 1.807) is 6.92 Å². The molecule has 1 fully saturated rings. The van der Waals surface area contributed by atoms with Crippen molar-refractivity contribution < 1.29 is 4.79 Å². The first-order valence-electron chi connectivity index (χ1n) is 4.76. The summed E-state index contributed by atoms with van der Waals surface area (Å²) in [6, 6.07) is 0.429. The molecule has 0 radical (unpaired) electrons. The van der Waals surface area contributed by atoms with Gasteiger partial charge in [-0.3, -0.25) is 9.79 Å². The van der Waals surface area contributed by atoms with Crippen LogP contribution in [0.15, 0.2) is 4.99 Å². The van der Waals surface area contributed by atoms with Crippen LogP contribution in [0.25, 0.3) is 0 Å². The number of ketones is 1. The number of nitrogens with zero attached hydrogens (tertiary/aromatic N) is 1. The summed E-state index contributed by atoms with van der Waals surface area (Å²) in [7, 11) is 0. The van der Waals surface area contributed by atoms with E-state index in [0.717, 1.165) is 5.92 Å². The third-order valence-electron chi connectivity index (χ3n) is 2.56. The Labute approximate surface area is 74.1 Å². The maximum atomic E-state index is 10.6. The molecule has 68 valence electrons. The molecule has 0 bridgehead atoms. The van der Waals surface area contributed by atoms with E-state index in [-0.39, 0.29) is 5.78 Å². The van der Waals surface area contributed by atoms with E-state index in [1.807, 2.05) is 0 Å². The number of hydrogen-bond acceptors (Lipinski definition) is 2. The molecule has 0 aliphatic heterocycles. The van der Waals surface area contributed by atoms with Crippen molar-refractivity contribution >= 4 is 12.0 Å². The van der Waals surface area contributed by atoms with Crippen molar-refractivity contribution in [2.75, 3.05) is 0 Å². The summed E-state index contributed by atoms with van der Waals surface area (Å²) in [5, 5.41) is 0. The zero-order valence-electron chi connectivity index (χ0n) is 7.92. The fraction of sp³-hybridized carbons (Fsp3) is 0.800. The highest BCUT2D eigenvalue weighted by molar-refractivity contribution is 6.26. The highest BCUT2D eigenvalue weighted by atomic mass is 16.1. The minimum absolute atomic E-state index is 0.0648. The molecule has 1 aliphatic rings. The van der Waals surface area contributed by atoms with Gasteiger partial charge in [0.25, 0.3) is 0 Å². The van der Waals surface area contributed by atoms with Crippen molar-refractivity contribution in [3.05, 3.63) is 0 Å². The highest BCUT2D eigenvalue weighted by Crippen LogP contribution is 2.29. The topological polar surface area (TPSA) is 29.4 Å². The second kappa shape index (κ2) is 4.39. The predicted octanol–water partition coefficient (Wildman–Crippen LogP) is 2.22. The van der Waals surface area contributed by atoms with Gasteiger partial charge in [0.15, 0.2) is 5.78 Å². The van der Waals surface area contributed by atoms with Gasteiger partial charge in [-0.2, -0.15) is 0 Å². The van der Waals surface area contributed by atoms with E-state index in [4.69, 9.17) is 0 Å². The van der Waals surface area contributed by atoms with Crippen LogP contribution in [0.3, 0.4) is 0 Å². The molecule has 2 atom stereocenters. The minimum atomic E-state index is 0.0648. The maximum absolute atomic E-state index is 10.6. The Morgan fingerprint density at radius 2 is 2.33 bits per heavy atom. The van der Waals surface area contributed by atoms with E-state index in [0.29, 0.717) is 6.04 Å². The Balaban J connectivity index is 2.32. The van der Waals surface area contributed by atoms with Gasteiger partial charge >= 0.3 is 0 Å². The zero-order chi connectivity index (χ0) is 8.97. The van der Waals surface area contributed by atoms with Crippen molar-refractivity contribution in [2.45, 2.75) is 45.6 Å². The first-order valence-corrected chi connectivity index (χ1v) is 4.76. The van der Waals surface area contributed by atoms with Crippen LogP contribution in [-0.4, -0.2) is 18.0 Å². The summed E-state index contributed by atoms with van der Waals surface area (Å²) in [6.45, 7) is 3.78. The SMILES string of the molecule is CCC1CCC(N=CC(C)=O)C1. The third kappa shape index (κ3) is 2.76. The second-order valence-corrected chi connectivity index (χ2v) is 3.63. The van der Waals surface area contributed by atoms with Crippen molar-refractivity contribution in [3.63, 3.8) is 0 Å². The van der Waals surface area contributed by atoms with Crippen LogP contribution in [0.5, 0.6) is 0 Å². The molecular formula is C10H17NO. The summed E-state index contributed by atoms with van der Waals surface area (Å²) >= 11 is 0. The number of Topliss-reactive ketones (excluding diaryl/α,β-unsaturated/α-hetero) is 1. The molecule has 0 heterocycles. The van der Waals surface area contributed by atoms with Crippen LogP contribution in [-0.2, 0) is 4.79 Å². The van der Waals surface area contributed by atoms with Gasteiger partial charge in [-0.1, -0.05) is 13.3 Å². The molecule has 2 heteroatoms. The third-order valence-corrected chi connectivity index (χ3v) is 2.56. The molecule has 0 amide bonds. The number of aliphatic imine (C=N–C) groups is 1. The average Bonchev–Trinajstić information content (AvgIpc) is 2.48. The van der Waals surface area contributed by atoms with E-state index >= 15 is 0 Å². The predicted molar refractivity (Wildman–Crippen MR) is 50.6 cm³/mol. The lowest BCUT2D eigenvalue weighted by Gasteiger charge is -2.03. The average molecular weight is 167 g/mol. The molecule has 0 aromatic heterocycles. The van der Waals surface area contributed by atoms with Gasteiger partial charge in [0.05, 0.1) is 12.3 Å². The van der Waals surface area contributed by atoms with Crippen LogP contribution in [0.1, 0.15) is 39.5 Å². The standard InChI is InChI=1S/C10H17NO/c1-3-9-4-5-10(6-9)11-7-8(2)12/h7,9-10H,3-6H2,1-2H3. The Hall–Kier alpha value is -0.660. The summed E-state index contributed by atoms with van der Waals surface area (Å²) in [4.78, 5) is 14.8. The largest absolute Gasteiger partial charge is 0.293 e. The summed E-state index contributed by atoms with van der Waals surface area (Å²) in [6.07, 6.45) is 6.37. The van der Waals surface area contributed by atoms with Gasteiger partial charge < -0.3 is 0 Å². The molecule has 0 aromatic rings. The van der Waals surface area contributed by atoms with Crippen LogP contribution in [0, 0.1) is 5.92 Å². The molecule has 1 aliphatic carbocycles. The monoisotopic (exact) mass is 167 g/mol. The van der Waals surface area contributed by atoms with E-state index in [1.165, 1.54) is 31.9 Å². The molecule has 0 saturated heterocycles. The zero-order valence-corrected chi connectivity index (χ0v) is 7.92. The lowest BCUT2D eigenvalue weighted by molar-refractivity contribution is -0.110. The summed E-state index contributed by atoms with van der Waals surface area (Å²) in [5.74, 6) is 0.911. The number of hydrogen-bond donors (Lipinski definition) is 0. The van der Waals surface area contributed by atoms with Crippen LogP contribution >= 0.6 is 0 Å². The Bertz CT molecular complexity index is 186. The molecule has 0 spiro atoms. The number of carbonyl (C=O) groups excluding carboxylic acids is 1. The first-order chi connectivity index (χ1) is 5.72. The summed E-state index contributed by atoms with van der Waals surface area (Å²) < 4.78 is 0. The van der Waals surface area contributed by atoms with E-state index < -0.39 is 0 Å². The Morgan fingerprint density at radius 3 is 2.83 bits per heavy atom. The first kappa shape index (κ1) is 9.43. The molecular weight excluding hydrogens is 150 g/mol. The van der Waals surface area contributed by atoms with Crippen molar-refractivity contribution in [1.29, 1.82) is 0 Å². The smallest absolute Gasteiger partial charge is 0.170 e. The minimum Gasteiger partial charge on any atom is -0.293 e. The molecule has 0 aromatic carbocycles. The Morgan fingerprint density at radius 1 is 1.58 bits per heavy atom. The maximum Gasteiger partial charge on any atom is 0.170 e. The second-order valence-electron chi connectivity index (χ2n) is 3.63. The summed E-state index contributed by atoms with van der Waals surface area (Å²) in [5.41, 5.74) is 0. The fourth-order valence-electron chi connectivity index (χ4n) is 1.77. The molecule has 2 nitrogen and oxygen atoms in total. The van der Waals surface area contributed by atoms with Crippen LogP contribution < -0.4 is 0 Å². The molecule has 2 unspecified atom stereocenters. The molecule has 12 heavy (non-hydrogen) atoms. The van der Waals surface area contributed by atoms with Crippen LogP contribution in [0.2, 0.25) is 0 Å². The fourth-order valence-corrected chi connectivity index (χ4v) is 1.77. The van der Waals surface area contributed by atoms with E-state index in [9.17, 15) is 4.79 Å². The number of carbonyl (C=O) groups is 1. The Kier molecular flexibility index (Phi) is 3.45. The van der Waals surface area contributed by atoms with Gasteiger partial charge in [0, 0.05) is 6.92 Å². The molecule has 0 N–H and O–H groups in total. The van der Waals surface area contributed by atoms with Crippen LogP contribution in [0.4, 0.5) is 0 Å². The van der Waals surface area contributed by atoms with Gasteiger partial charge in [0.2, 0.25) is 0 Å². The molecule has 1 saturated carbocycles. The molecule has 1 rings (SSSR count). The highest BCUT2D eigenvalue weighted by Gasteiger charge is 2.21. The number of rotatable bonds is 3. The van der Waals surface area contributed by atoms with Gasteiger partial charge in [-0.15, -0.1) is 0 Å². The quantitative estimate of drug-likeness (QED) is 0.593. The lowest BCUT2D eigenvalue weighted by atomic mass is 10.1. The van der Waals surface area contributed by atoms with Gasteiger partial charge in [-0.05, 0) is 25.2 Å². The van der Waals surface area contributed by atoms with Gasteiger partial charge in [-0.25, -0.2) is 0 Å². The van der Waals surface area contributed by atoms with Crippen molar-refractivity contribution in [3.8, 4) is 0 Å². The normalized spacial score (nSPS) is 29.8. The van der Waals surface area contributed by atoms with Gasteiger partial charge in [0.1, 0.15) is 0 Å². The van der Waals surface area contributed by atoms with Crippen molar-refractivity contribution in [2.24, 2.45) is 10.9 Å². The lowest BCUT2D eigenvalue weighted by Crippen LogP contribution is -2.01. The van der Waals surface area contributed by atoms with Crippen molar-refractivity contribution in [1.82, 2.24) is 0 Å².